The predicted octanol–water partition coefficient (Wildman–Crippen LogP) is 14.7. The summed E-state index contributed by atoms with van der Waals surface area (Å²) in [5, 5.41) is 3.72. The molecular formula is C78H138N7O21P3. The maximum atomic E-state index is 12.7. The summed E-state index contributed by atoms with van der Waals surface area (Å²) >= 11 is 0. The Hall–Kier alpha value is -4.14. The average Bonchev–Trinajstić information content (AvgIpc) is 0.777. The summed E-state index contributed by atoms with van der Waals surface area (Å²) in [5.41, 5.74) is 12.3. The maximum Gasteiger partial charge on any atom is 0.340 e. The van der Waals surface area contributed by atoms with Crippen molar-refractivity contribution in [3.05, 3.63) is 57.6 Å². The zero-order valence-corrected chi connectivity index (χ0v) is 74.3. The summed E-state index contributed by atoms with van der Waals surface area (Å²) in [6.45, 7) is 48.1. The van der Waals surface area contributed by atoms with Gasteiger partial charge in [-0.2, -0.15) is 0 Å². The number of carbonyl (C=O) groups is 3. The Morgan fingerprint density at radius 2 is 0.771 bits per heavy atom. The number of azide groups is 1. The molecule has 0 aromatic rings. The Morgan fingerprint density at radius 3 is 0.991 bits per heavy atom. The number of hydrogen-bond donors (Lipinski definition) is 1. The summed E-state index contributed by atoms with van der Waals surface area (Å²) < 4.78 is 129. The molecule has 109 heavy (non-hydrogen) atoms. The van der Waals surface area contributed by atoms with Crippen LogP contribution in [0.25, 0.3) is 10.4 Å². The van der Waals surface area contributed by atoms with Crippen LogP contribution in [0.1, 0.15) is 197 Å². The average molecular weight is 1600 g/mol. The molecule has 0 saturated carbocycles. The van der Waals surface area contributed by atoms with E-state index >= 15 is 0 Å². The van der Waals surface area contributed by atoms with Crippen molar-refractivity contribution in [2.45, 2.75) is 322 Å². The molecule has 0 aliphatic carbocycles. The molecule has 6 heterocycles. The van der Waals surface area contributed by atoms with E-state index in [-0.39, 0.29) is 91.8 Å². The second-order valence-corrected chi connectivity index (χ2v) is 35.7. The summed E-state index contributed by atoms with van der Waals surface area (Å²) in [5.74, 6) is -3.93. The molecule has 0 bridgehead atoms. The van der Waals surface area contributed by atoms with Gasteiger partial charge in [0.25, 0.3) is 0 Å². The first-order valence-electron chi connectivity index (χ1n) is 38.2. The molecule has 28 nitrogen and oxygen atoms in total. The van der Waals surface area contributed by atoms with E-state index in [1.165, 1.54) is 0 Å². The smallest absolute Gasteiger partial charge is 0.340 e. The molecule has 0 amide bonds. The Labute approximate surface area is 656 Å². The lowest BCUT2D eigenvalue weighted by Crippen LogP contribution is -2.57. The number of methoxy groups -OCH3 is 3. The number of nitrogens with zero attached hydrogens (tertiary/aromatic N) is 6. The van der Waals surface area contributed by atoms with Crippen LogP contribution in [0.3, 0.4) is 0 Å². The van der Waals surface area contributed by atoms with Crippen molar-refractivity contribution in [3.63, 3.8) is 0 Å². The minimum Gasteiger partial charge on any atom is -0.456 e. The van der Waals surface area contributed by atoms with Crippen molar-refractivity contribution in [1.29, 1.82) is 0 Å². The monoisotopic (exact) mass is 1600 g/mol. The van der Waals surface area contributed by atoms with Crippen LogP contribution < -0.4 is 5.73 Å². The second-order valence-electron chi connectivity index (χ2n) is 33.2. The van der Waals surface area contributed by atoms with Crippen LogP contribution in [0.15, 0.2) is 52.3 Å². The predicted molar refractivity (Wildman–Crippen MR) is 420 cm³/mol. The highest BCUT2D eigenvalue weighted by molar-refractivity contribution is 7.25. The van der Waals surface area contributed by atoms with E-state index in [0.29, 0.717) is 65.7 Å². The van der Waals surface area contributed by atoms with Gasteiger partial charge in [0.05, 0.1) is 70.1 Å². The molecule has 31 heteroatoms. The quantitative estimate of drug-likeness (QED) is 0.0119. The highest BCUT2D eigenvalue weighted by Crippen LogP contribution is 2.47. The molecule has 3 saturated heterocycles. The van der Waals surface area contributed by atoms with Gasteiger partial charge in [-0.05, 0) is 173 Å². The largest absolute Gasteiger partial charge is 0.456 e. The van der Waals surface area contributed by atoms with Crippen molar-refractivity contribution in [3.8, 4) is 0 Å². The van der Waals surface area contributed by atoms with Gasteiger partial charge in [-0.3, -0.25) is 13.7 Å². The highest BCUT2D eigenvalue weighted by atomic mass is 31.1. The number of ether oxygens (including phenoxy) is 15. The van der Waals surface area contributed by atoms with E-state index in [1.54, 1.807) is 83.6 Å². The first kappa shape index (κ1) is 99.1. The van der Waals surface area contributed by atoms with E-state index < -0.39 is 112 Å². The standard InChI is InChI=1S/C26H46NO7P.C25H43N4O7P.C25H45N2O7P.C2H4/c1-12-15(2)14-26(8,30-11)22(17(4)20-18(5)23(28)34-25(6,7)33-20)32-24-21(35-29)19(27(9)10)13-16(3)31-24;1-14(13-27-28-26)12-25(7,32-10)21(16(3)19-17(4)22(30)36-24(5,6)35-19)34-23-20(37-31)18(29(8)9)11-15(2)33-23;1-14(13-26)12-25(7,30-10)21(16(3)19-17(4)22(28)34-24(5,6)33-19)32-23-20(35-29)18(27(8)9)11-15(2)31-23;1-2/h15-17,19,21-22,24H,12-14H2,1-11H3;14-16,18,20-21,23H,11-13H2,1-10H3;14-16,18,20-21,23H,11-13,26H2,1-10H3;1-2H2/t15-,16?,17-,19?,21+,22+,24-,26+;2*14-,15?,16+,18?,20-,21-,23+,25-;/m011./s1. The normalized spacial score (nSPS) is 30.5. The van der Waals surface area contributed by atoms with E-state index in [0.717, 1.165) is 25.7 Å². The first-order valence-corrected chi connectivity index (χ1v) is 40.9. The number of cyclic esters (lactones) is 3. The molecule has 626 valence electrons. The fourth-order valence-corrected chi connectivity index (χ4v) is 17.9. The third-order valence-corrected chi connectivity index (χ3v) is 24.3. The van der Waals surface area contributed by atoms with Crippen LogP contribution in [0.5, 0.6) is 0 Å². The maximum absolute atomic E-state index is 12.7. The number of nitrogens with two attached hydrogens (primary N) is 1. The SMILES string of the molecule is C=C.CC[C@H](C)C[C@@](C)(OC)[C@H](O[C@@H]1OC(C)CC(N(C)C)[C@H]1P=O)[C@@H](C)C1=C(C)C(=O)OC(C)(C)O1.CO[C@](C)(C[C@@H](C)CN)[C@H](O[C@@H]1OC(C)CC(N(C)C)[C@H]1P=O)[C@@H](C)C1=C(C)C(=O)OC(C)(C)O1.CO[C@](C)(C[C@@H](C)CN=[N+]=[N-])[C@H](O[C@@H]1OC(C)CC(N(C)C)[C@H]1P=O)[C@@H](C)C1=C(C)C(=O)OC(C)(C)O1. The Morgan fingerprint density at radius 1 is 0.514 bits per heavy atom. The van der Waals surface area contributed by atoms with Crippen LogP contribution in [0.4, 0.5) is 0 Å². The Kier molecular flexibility index (Phi) is 39.1. The fourth-order valence-electron chi connectivity index (χ4n) is 15.6. The van der Waals surface area contributed by atoms with Crippen LogP contribution in [-0.4, -0.2) is 234 Å². The number of esters is 3. The lowest BCUT2D eigenvalue weighted by molar-refractivity contribution is -0.266. The van der Waals surface area contributed by atoms with Crippen molar-refractivity contribution < 1.29 is 99.1 Å². The molecule has 3 fully saturated rings. The third kappa shape index (κ3) is 26.4. The van der Waals surface area contributed by atoms with Crippen LogP contribution in [0, 0.1) is 35.5 Å². The van der Waals surface area contributed by atoms with E-state index in [2.05, 4.69) is 53.8 Å². The first-order chi connectivity index (χ1) is 50.6. The van der Waals surface area contributed by atoms with Crippen LogP contribution in [0.2, 0.25) is 0 Å². The fraction of sp³-hybridized carbons (Fsp3) is 0.859. The minimum absolute atomic E-state index is 0.0106. The summed E-state index contributed by atoms with van der Waals surface area (Å²) in [6.07, 6.45) is 0.665. The number of rotatable bonds is 34. The Balaban J connectivity index is 0.000000419. The lowest BCUT2D eigenvalue weighted by Gasteiger charge is -2.47. The molecule has 6 rings (SSSR count). The van der Waals surface area contributed by atoms with Crippen molar-refractivity contribution in [2.75, 3.05) is 76.7 Å². The van der Waals surface area contributed by atoms with Gasteiger partial charge < -0.3 is 91.5 Å². The molecule has 0 spiro atoms. The summed E-state index contributed by atoms with van der Waals surface area (Å²) in [4.78, 5) is 47.0. The molecule has 6 aliphatic heterocycles. The second kappa shape index (κ2) is 43.0. The molecule has 6 unspecified atom stereocenters. The number of carbonyl (C=O) groups excluding carboxylic acids is 3. The molecule has 0 aromatic heterocycles. The molecule has 2 N–H and O–H groups in total. The van der Waals surface area contributed by atoms with Gasteiger partial charge in [0.2, 0.25) is 17.4 Å². The van der Waals surface area contributed by atoms with Gasteiger partial charge in [0, 0.05) is 110 Å². The lowest BCUT2D eigenvalue weighted by atomic mass is 9.80. The van der Waals surface area contributed by atoms with Gasteiger partial charge in [-0.25, -0.2) is 14.4 Å². The topological polar surface area (TPSA) is 325 Å². The van der Waals surface area contributed by atoms with Gasteiger partial charge in [-0.15, -0.1) is 13.2 Å². The zero-order valence-electron chi connectivity index (χ0n) is 71.6. The van der Waals surface area contributed by atoms with Gasteiger partial charge in [-0.1, -0.05) is 60.0 Å². The minimum atomic E-state index is -1.15. The molecule has 6 aliphatic rings. The summed E-state index contributed by atoms with van der Waals surface area (Å²) in [7, 11) is 16.6. The highest BCUT2D eigenvalue weighted by Gasteiger charge is 2.54. The molecular weight excluding hydrogens is 1460 g/mol. The van der Waals surface area contributed by atoms with Crippen molar-refractivity contribution >= 4 is 43.3 Å². The van der Waals surface area contributed by atoms with Gasteiger partial charge in [0.15, 0.2) is 44.3 Å². The van der Waals surface area contributed by atoms with Crippen molar-refractivity contribution in [2.24, 2.45) is 46.4 Å². The molecule has 24 atom stereocenters. The van der Waals surface area contributed by atoms with E-state index in [9.17, 15) is 28.1 Å². The van der Waals surface area contributed by atoms with Gasteiger partial charge >= 0.3 is 17.9 Å². The molecule has 0 aromatic carbocycles. The summed E-state index contributed by atoms with van der Waals surface area (Å²) in [6, 6.07) is 0.0156. The zero-order chi connectivity index (χ0) is 83.6. The third-order valence-electron chi connectivity index (χ3n) is 21.8. The van der Waals surface area contributed by atoms with E-state index in [1.807, 2.05) is 116 Å². The molecule has 0 radical (unpaired) electrons. The Bertz CT molecular complexity index is 3010. The van der Waals surface area contributed by atoms with Crippen LogP contribution >= 0.6 is 25.4 Å². The van der Waals surface area contributed by atoms with Gasteiger partial charge in [0.1, 0.15) is 34.3 Å². The van der Waals surface area contributed by atoms with Crippen molar-refractivity contribution in [1.82, 2.24) is 14.7 Å². The number of hydrogen-bond acceptors (Lipinski definition) is 26. The van der Waals surface area contributed by atoms with Crippen LogP contribution in [-0.2, 0) is 99.1 Å². The van der Waals surface area contributed by atoms with E-state index in [4.69, 9.17) is 82.3 Å².